The number of ether oxygens (including phenoxy) is 2. The number of carbonyl (C=O) groups excluding carboxylic acids is 1. The number of esters is 1. The van der Waals surface area contributed by atoms with Gasteiger partial charge in [0, 0.05) is 32.6 Å². The second kappa shape index (κ2) is 10.0. The van der Waals surface area contributed by atoms with E-state index in [0.29, 0.717) is 19.1 Å². The third-order valence-electron chi connectivity index (χ3n) is 4.43. The van der Waals surface area contributed by atoms with E-state index in [-0.39, 0.29) is 11.9 Å². The molecule has 2 unspecified atom stereocenters. The van der Waals surface area contributed by atoms with Crippen molar-refractivity contribution >= 4 is 11.9 Å². The SMILES string of the molecule is CN=C(NCC(C)C(=O)OC)N1CCC(COCc2ccccc2)C1. The van der Waals surface area contributed by atoms with Crippen molar-refractivity contribution in [2.45, 2.75) is 20.0 Å². The van der Waals surface area contributed by atoms with E-state index in [1.807, 2.05) is 25.1 Å². The number of methoxy groups -OCH3 is 1. The lowest BCUT2D eigenvalue weighted by Crippen LogP contribution is -2.43. The first-order valence-electron chi connectivity index (χ1n) is 8.79. The van der Waals surface area contributed by atoms with Crippen molar-refractivity contribution < 1.29 is 14.3 Å². The van der Waals surface area contributed by atoms with Gasteiger partial charge in [-0.25, -0.2) is 0 Å². The van der Waals surface area contributed by atoms with Crippen LogP contribution in [-0.2, 0) is 20.9 Å². The summed E-state index contributed by atoms with van der Waals surface area (Å²) in [6.07, 6.45) is 1.09. The van der Waals surface area contributed by atoms with Crippen molar-refractivity contribution in [2.75, 3.05) is 40.4 Å². The summed E-state index contributed by atoms with van der Waals surface area (Å²) >= 11 is 0. The predicted octanol–water partition coefficient (Wildman–Crippen LogP) is 1.91. The lowest BCUT2D eigenvalue weighted by Gasteiger charge is -2.22. The molecule has 1 heterocycles. The van der Waals surface area contributed by atoms with Crippen molar-refractivity contribution in [2.24, 2.45) is 16.8 Å². The first kappa shape index (κ1) is 19.2. The summed E-state index contributed by atoms with van der Waals surface area (Å²) in [4.78, 5) is 18.0. The number of aliphatic imine (C=N–C) groups is 1. The molecule has 0 bridgehead atoms. The van der Waals surface area contributed by atoms with Gasteiger partial charge in [0.1, 0.15) is 0 Å². The topological polar surface area (TPSA) is 63.2 Å². The normalized spacial score (nSPS) is 18.9. The van der Waals surface area contributed by atoms with Gasteiger partial charge in [0.15, 0.2) is 5.96 Å². The monoisotopic (exact) mass is 347 g/mol. The average molecular weight is 347 g/mol. The maximum absolute atomic E-state index is 11.5. The van der Waals surface area contributed by atoms with E-state index in [4.69, 9.17) is 9.47 Å². The Kier molecular flexibility index (Phi) is 7.73. The summed E-state index contributed by atoms with van der Waals surface area (Å²) in [5.74, 6) is 0.924. The smallest absolute Gasteiger partial charge is 0.310 e. The Morgan fingerprint density at radius 1 is 1.40 bits per heavy atom. The number of nitrogens with one attached hydrogen (secondary N) is 1. The van der Waals surface area contributed by atoms with Crippen molar-refractivity contribution in [3.63, 3.8) is 0 Å². The predicted molar refractivity (Wildman–Crippen MR) is 98.3 cm³/mol. The number of benzene rings is 1. The first-order chi connectivity index (χ1) is 12.1. The van der Waals surface area contributed by atoms with Crippen LogP contribution in [0.1, 0.15) is 18.9 Å². The second-order valence-electron chi connectivity index (χ2n) is 6.45. The molecule has 1 fully saturated rings. The van der Waals surface area contributed by atoms with Crippen molar-refractivity contribution in [3.8, 4) is 0 Å². The van der Waals surface area contributed by atoms with Crippen molar-refractivity contribution in [1.82, 2.24) is 10.2 Å². The molecule has 1 N–H and O–H groups in total. The molecule has 0 saturated carbocycles. The molecule has 0 spiro atoms. The second-order valence-corrected chi connectivity index (χ2v) is 6.45. The van der Waals surface area contributed by atoms with Gasteiger partial charge in [0.05, 0.1) is 26.2 Å². The van der Waals surface area contributed by atoms with Gasteiger partial charge < -0.3 is 19.7 Å². The Morgan fingerprint density at radius 3 is 2.84 bits per heavy atom. The summed E-state index contributed by atoms with van der Waals surface area (Å²) in [5.41, 5.74) is 1.20. The van der Waals surface area contributed by atoms with Crippen LogP contribution < -0.4 is 5.32 Å². The molecule has 6 heteroatoms. The lowest BCUT2D eigenvalue weighted by molar-refractivity contribution is -0.144. The zero-order valence-corrected chi connectivity index (χ0v) is 15.4. The summed E-state index contributed by atoms with van der Waals surface area (Å²) in [6.45, 7) is 5.63. The van der Waals surface area contributed by atoms with E-state index < -0.39 is 0 Å². The molecule has 6 nitrogen and oxygen atoms in total. The molecule has 1 aliphatic rings. The number of hydrogen-bond acceptors (Lipinski definition) is 4. The van der Waals surface area contributed by atoms with Crippen LogP contribution in [0.25, 0.3) is 0 Å². The zero-order chi connectivity index (χ0) is 18.1. The lowest BCUT2D eigenvalue weighted by atomic mass is 10.1. The fourth-order valence-electron chi connectivity index (χ4n) is 2.94. The summed E-state index contributed by atoms with van der Waals surface area (Å²) in [5, 5.41) is 3.26. The first-order valence-corrected chi connectivity index (χ1v) is 8.79. The third kappa shape index (κ3) is 6.05. The average Bonchev–Trinajstić information content (AvgIpc) is 3.11. The van der Waals surface area contributed by atoms with Crippen LogP contribution in [0, 0.1) is 11.8 Å². The van der Waals surface area contributed by atoms with E-state index in [1.54, 1.807) is 7.05 Å². The van der Waals surface area contributed by atoms with Crippen LogP contribution in [0.3, 0.4) is 0 Å². The molecule has 1 aromatic rings. The van der Waals surface area contributed by atoms with Gasteiger partial charge in [0.25, 0.3) is 0 Å². The fourth-order valence-corrected chi connectivity index (χ4v) is 2.94. The number of carbonyl (C=O) groups is 1. The Labute approximate surface area is 150 Å². The van der Waals surface area contributed by atoms with Gasteiger partial charge in [-0.15, -0.1) is 0 Å². The van der Waals surface area contributed by atoms with Crippen molar-refractivity contribution in [3.05, 3.63) is 35.9 Å². The van der Waals surface area contributed by atoms with E-state index in [0.717, 1.165) is 32.1 Å². The van der Waals surface area contributed by atoms with E-state index in [2.05, 4.69) is 27.3 Å². The number of likely N-dealkylation sites (tertiary alicyclic amines) is 1. The minimum atomic E-state index is -0.212. The van der Waals surface area contributed by atoms with Crippen LogP contribution in [0.15, 0.2) is 35.3 Å². The maximum Gasteiger partial charge on any atom is 0.310 e. The Bertz CT molecular complexity index is 562. The largest absolute Gasteiger partial charge is 0.469 e. The number of hydrogen-bond donors (Lipinski definition) is 1. The van der Waals surface area contributed by atoms with E-state index >= 15 is 0 Å². The van der Waals surface area contributed by atoms with Gasteiger partial charge in [-0.1, -0.05) is 37.3 Å². The Hall–Kier alpha value is -2.08. The molecule has 1 saturated heterocycles. The van der Waals surface area contributed by atoms with Crippen LogP contribution >= 0.6 is 0 Å². The van der Waals surface area contributed by atoms with Crippen LogP contribution in [-0.4, -0.2) is 57.2 Å². The van der Waals surface area contributed by atoms with Crippen LogP contribution in [0.2, 0.25) is 0 Å². The van der Waals surface area contributed by atoms with Crippen molar-refractivity contribution in [1.29, 1.82) is 0 Å². The highest BCUT2D eigenvalue weighted by molar-refractivity contribution is 5.81. The molecule has 2 rings (SSSR count). The molecule has 0 radical (unpaired) electrons. The maximum atomic E-state index is 11.5. The van der Waals surface area contributed by atoms with Crippen LogP contribution in [0.5, 0.6) is 0 Å². The molecule has 0 amide bonds. The molecule has 1 aromatic carbocycles. The summed E-state index contributed by atoms with van der Waals surface area (Å²) in [6, 6.07) is 10.2. The summed E-state index contributed by atoms with van der Waals surface area (Å²) < 4.78 is 10.6. The minimum Gasteiger partial charge on any atom is -0.469 e. The molecule has 25 heavy (non-hydrogen) atoms. The Balaban J connectivity index is 1.71. The van der Waals surface area contributed by atoms with Gasteiger partial charge in [-0.05, 0) is 12.0 Å². The molecule has 0 aliphatic carbocycles. The fraction of sp³-hybridized carbons (Fsp3) is 0.579. The quantitative estimate of drug-likeness (QED) is 0.464. The Morgan fingerprint density at radius 2 is 2.16 bits per heavy atom. The molecule has 1 aliphatic heterocycles. The molecular weight excluding hydrogens is 318 g/mol. The molecule has 2 atom stereocenters. The highest BCUT2D eigenvalue weighted by Crippen LogP contribution is 2.17. The van der Waals surface area contributed by atoms with Crippen LogP contribution in [0.4, 0.5) is 0 Å². The van der Waals surface area contributed by atoms with E-state index in [9.17, 15) is 4.79 Å². The van der Waals surface area contributed by atoms with Gasteiger partial charge in [-0.2, -0.15) is 0 Å². The molecule has 0 aromatic heterocycles. The number of rotatable bonds is 7. The highest BCUT2D eigenvalue weighted by atomic mass is 16.5. The highest BCUT2D eigenvalue weighted by Gasteiger charge is 2.25. The minimum absolute atomic E-state index is 0.200. The van der Waals surface area contributed by atoms with Gasteiger partial charge in [-0.3, -0.25) is 9.79 Å². The molecular formula is C19H29N3O3. The van der Waals surface area contributed by atoms with Gasteiger partial charge in [0.2, 0.25) is 0 Å². The zero-order valence-electron chi connectivity index (χ0n) is 15.4. The van der Waals surface area contributed by atoms with E-state index in [1.165, 1.54) is 12.7 Å². The molecule has 138 valence electrons. The standard InChI is InChI=1S/C19H29N3O3/c1-15(18(23)24-3)11-21-19(20-2)22-10-9-17(12-22)14-25-13-16-7-5-4-6-8-16/h4-8,15,17H,9-14H2,1-3H3,(H,20,21). The number of guanidine groups is 1. The van der Waals surface area contributed by atoms with Gasteiger partial charge >= 0.3 is 5.97 Å². The number of nitrogens with zero attached hydrogens (tertiary/aromatic N) is 2. The third-order valence-corrected chi connectivity index (χ3v) is 4.43. The summed E-state index contributed by atoms with van der Waals surface area (Å²) in [7, 11) is 3.18.